The molecule has 0 spiro atoms. The molecular weight excluding hydrogens is 272 g/mol. The first kappa shape index (κ1) is 15.2. The number of carboxylic acids is 1. The molecule has 114 valence electrons. The Kier molecular flexibility index (Phi) is 4.67. The summed E-state index contributed by atoms with van der Waals surface area (Å²) in [4.78, 5) is 26.5. The van der Waals surface area contributed by atoms with Crippen LogP contribution < -0.4 is 4.74 Å². The van der Waals surface area contributed by atoms with Gasteiger partial charge in [-0.15, -0.1) is 0 Å². The Morgan fingerprint density at radius 2 is 2.05 bits per heavy atom. The van der Waals surface area contributed by atoms with Gasteiger partial charge in [0, 0.05) is 20.1 Å². The Hall–Kier alpha value is -2.24. The maximum absolute atomic E-state index is 12.4. The molecule has 1 N–H and O–H groups in total. The van der Waals surface area contributed by atoms with Gasteiger partial charge in [-0.1, -0.05) is 12.1 Å². The van der Waals surface area contributed by atoms with E-state index in [-0.39, 0.29) is 6.03 Å². The fourth-order valence-corrected chi connectivity index (χ4v) is 2.54. The molecule has 1 aliphatic rings. The second-order valence-corrected chi connectivity index (χ2v) is 5.18. The predicted molar refractivity (Wildman–Crippen MR) is 77.2 cm³/mol. The maximum atomic E-state index is 12.4. The molecule has 0 saturated carbocycles. The highest BCUT2D eigenvalue weighted by Crippen LogP contribution is 2.20. The van der Waals surface area contributed by atoms with E-state index in [1.165, 1.54) is 4.90 Å². The highest BCUT2D eigenvalue weighted by Gasteiger charge is 2.35. The second-order valence-electron chi connectivity index (χ2n) is 5.18. The third kappa shape index (κ3) is 3.45. The largest absolute Gasteiger partial charge is 0.497 e. The van der Waals surface area contributed by atoms with E-state index in [0.717, 1.165) is 17.7 Å². The fourth-order valence-electron chi connectivity index (χ4n) is 2.54. The summed E-state index contributed by atoms with van der Waals surface area (Å²) < 4.78 is 5.09. The SMILES string of the molecule is COc1ccc(CN(C)C(=O)N2CCC[C@@H]2C(=O)O)cc1. The Labute approximate surface area is 123 Å². The summed E-state index contributed by atoms with van der Waals surface area (Å²) in [5, 5.41) is 9.14. The molecule has 1 heterocycles. The van der Waals surface area contributed by atoms with Crippen molar-refractivity contribution in [2.75, 3.05) is 20.7 Å². The standard InChI is InChI=1S/C15H20N2O4/c1-16(10-11-5-7-12(21-2)8-6-11)15(20)17-9-3-4-13(17)14(18)19/h5-8,13H,3-4,9-10H2,1-2H3,(H,18,19)/t13-/m1/s1. The number of carbonyl (C=O) groups excluding carboxylic acids is 1. The number of rotatable bonds is 4. The molecule has 2 rings (SSSR count). The first-order valence-electron chi connectivity index (χ1n) is 6.90. The molecule has 0 aliphatic carbocycles. The van der Waals surface area contributed by atoms with Crippen molar-refractivity contribution < 1.29 is 19.4 Å². The van der Waals surface area contributed by atoms with Gasteiger partial charge in [0.2, 0.25) is 0 Å². The van der Waals surface area contributed by atoms with Gasteiger partial charge in [0.25, 0.3) is 0 Å². The number of carbonyl (C=O) groups is 2. The predicted octanol–water partition coefficient (Wildman–Crippen LogP) is 1.80. The lowest BCUT2D eigenvalue weighted by molar-refractivity contribution is -0.141. The summed E-state index contributed by atoms with van der Waals surface area (Å²) >= 11 is 0. The molecular formula is C15H20N2O4. The van der Waals surface area contributed by atoms with Crippen LogP contribution in [0.25, 0.3) is 0 Å². The molecule has 6 heteroatoms. The molecule has 1 aromatic carbocycles. The average Bonchev–Trinajstić information content (AvgIpc) is 2.96. The number of urea groups is 1. The topological polar surface area (TPSA) is 70.1 Å². The number of likely N-dealkylation sites (tertiary alicyclic amines) is 1. The Morgan fingerprint density at radius 1 is 1.38 bits per heavy atom. The van der Waals surface area contributed by atoms with Crippen LogP contribution in [0.5, 0.6) is 5.75 Å². The van der Waals surface area contributed by atoms with Crippen LogP contribution in [0, 0.1) is 0 Å². The highest BCUT2D eigenvalue weighted by atomic mass is 16.5. The van der Waals surface area contributed by atoms with Crippen LogP contribution in [0.3, 0.4) is 0 Å². The van der Waals surface area contributed by atoms with Crippen molar-refractivity contribution >= 4 is 12.0 Å². The lowest BCUT2D eigenvalue weighted by atomic mass is 10.2. The van der Waals surface area contributed by atoms with Gasteiger partial charge in [0.1, 0.15) is 11.8 Å². The first-order valence-corrected chi connectivity index (χ1v) is 6.90. The third-order valence-corrected chi connectivity index (χ3v) is 3.69. The van der Waals surface area contributed by atoms with Gasteiger partial charge in [-0.05, 0) is 30.5 Å². The molecule has 2 amide bonds. The number of nitrogens with zero attached hydrogens (tertiary/aromatic N) is 2. The monoisotopic (exact) mass is 292 g/mol. The van der Waals surface area contributed by atoms with Gasteiger partial charge in [0.15, 0.2) is 0 Å². The van der Waals surface area contributed by atoms with Crippen LogP contribution in [0.2, 0.25) is 0 Å². The van der Waals surface area contributed by atoms with E-state index in [2.05, 4.69) is 0 Å². The van der Waals surface area contributed by atoms with Gasteiger partial charge >= 0.3 is 12.0 Å². The summed E-state index contributed by atoms with van der Waals surface area (Å²) in [5.41, 5.74) is 0.970. The minimum absolute atomic E-state index is 0.240. The highest BCUT2D eigenvalue weighted by molar-refractivity contribution is 5.83. The van der Waals surface area contributed by atoms with E-state index in [4.69, 9.17) is 9.84 Å². The number of hydrogen-bond donors (Lipinski definition) is 1. The van der Waals surface area contributed by atoms with E-state index >= 15 is 0 Å². The van der Waals surface area contributed by atoms with E-state index in [1.807, 2.05) is 24.3 Å². The minimum atomic E-state index is -0.932. The van der Waals surface area contributed by atoms with Crippen LogP contribution in [0.4, 0.5) is 4.79 Å². The van der Waals surface area contributed by atoms with Gasteiger partial charge in [-0.3, -0.25) is 0 Å². The van der Waals surface area contributed by atoms with Crippen molar-refractivity contribution in [2.24, 2.45) is 0 Å². The molecule has 1 saturated heterocycles. The molecule has 1 aromatic rings. The van der Waals surface area contributed by atoms with Crippen molar-refractivity contribution in [3.05, 3.63) is 29.8 Å². The van der Waals surface area contributed by atoms with Crippen molar-refractivity contribution in [3.8, 4) is 5.75 Å². The number of aliphatic carboxylic acids is 1. The minimum Gasteiger partial charge on any atom is -0.497 e. The molecule has 1 fully saturated rings. The molecule has 0 aromatic heterocycles. The van der Waals surface area contributed by atoms with Crippen LogP contribution in [-0.2, 0) is 11.3 Å². The van der Waals surface area contributed by atoms with Crippen LogP contribution in [0.15, 0.2) is 24.3 Å². The second kappa shape index (κ2) is 6.47. The smallest absolute Gasteiger partial charge is 0.326 e. The van der Waals surface area contributed by atoms with Gasteiger partial charge in [0.05, 0.1) is 7.11 Å². The fraction of sp³-hybridized carbons (Fsp3) is 0.467. The van der Waals surface area contributed by atoms with E-state index < -0.39 is 12.0 Å². The lowest BCUT2D eigenvalue weighted by Gasteiger charge is -2.27. The number of amides is 2. The normalized spacial score (nSPS) is 17.6. The zero-order valence-corrected chi connectivity index (χ0v) is 12.3. The van der Waals surface area contributed by atoms with Crippen molar-refractivity contribution in [2.45, 2.75) is 25.4 Å². The first-order chi connectivity index (χ1) is 10.0. The quantitative estimate of drug-likeness (QED) is 0.918. The zero-order valence-electron chi connectivity index (χ0n) is 12.3. The van der Waals surface area contributed by atoms with Crippen molar-refractivity contribution in [3.63, 3.8) is 0 Å². The molecule has 1 atom stereocenters. The van der Waals surface area contributed by atoms with E-state index in [0.29, 0.717) is 19.5 Å². The summed E-state index contributed by atoms with van der Waals surface area (Å²) in [5.74, 6) is -0.170. The van der Waals surface area contributed by atoms with Crippen LogP contribution in [0.1, 0.15) is 18.4 Å². The summed E-state index contributed by atoms with van der Waals surface area (Å²) in [6, 6.07) is 6.52. The molecule has 0 bridgehead atoms. The molecule has 21 heavy (non-hydrogen) atoms. The third-order valence-electron chi connectivity index (χ3n) is 3.69. The van der Waals surface area contributed by atoms with E-state index in [1.54, 1.807) is 19.1 Å². The van der Waals surface area contributed by atoms with Crippen molar-refractivity contribution in [1.82, 2.24) is 9.80 Å². The average molecular weight is 292 g/mol. The number of hydrogen-bond acceptors (Lipinski definition) is 3. The summed E-state index contributed by atoms with van der Waals surface area (Å²) in [6.45, 7) is 0.939. The van der Waals surface area contributed by atoms with Gasteiger partial charge in [-0.2, -0.15) is 0 Å². The zero-order chi connectivity index (χ0) is 15.4. The number of methoxy groups -OCH3 is 1. The Balaban J connectivity index is 2.00. The Bertz CT molecular complexity index is 515. The molecule has 0 unspecified atom stereocenters. The number of carboxylic acid groups (broad SMARTS) is 1. The van der Waals surface area contributed by atoms with Crippen molar-refractivity contribution in [1.29, 1.82) is 0 Å². The van der Waals surface area contributed by atoms with Crippen LogP contribution >= 0.6 is 0 Å². The Morgan fingerprint density at radius 3 is 2.62 bits per heavy atom. The molecule has 0 radical (unpaired) electrons. The molecule has 1 aliphatic heterocycles. The lowest BCUT2D eigenvalue weighted by Crippen LogP contribution is -2.46. The summed E-state index contributed by atoms with van der Waals surface area (Å²) in [6.07, 6.45) is 1.26. The number of ether oxygens (including phenoxy) is 1. The van der Waals surface area contributed by atoms with Gasteiger partial charge < -0.3 is 19.6 Å². The molecule has 6 nitrogen and oxygen atoms in total. The maximum Gasteiger partial charge on any atom is 0.326 e. The number of benzene rings is 1. The van der Waals surface area contributed by atoms with Crippen LogP contribution in [-0.4, -0.2) is 53.7 Å². The summed E-state index contributed by atoms with van der Waals surface area (Å²) in [7, 11) is 3.29. The van der Waals surface area contributed by atoms with Gasteiger partial charge in [-0.25, -0.2) is 9.59 Å². The van der Waals surface area contributed by atoms with E-state index in [9.17, 15) is 9.59 Å².